The van der Waals surface area contributed by atoms with Crippen LogP contribution in [-0.2, 0) is 9.53 Å². The number of esters is 1. The quantitative estimate of drug-likeness (QED) is 0.473. The van der Waals surface area contributed by atoms with Gasteiger partial charge in [0.15, 0.2) is 0 Å². The van der Waals surface area contributed by atoms with Crippen molar-refractivity contribution in [2.45, 2.75) is 13.8 Å². The highest BCUT2D eigenvalue weighted by Crippen LogP contribution is 2.11. The molecule has 0 aliphatic carbocycles. The highest BCUT2D eigenvalue weighted by atomic mass is 16.5. The summed E-state index contributed by atoms with van der Waals surface area (Å²) in [6.07, 6.45) is 1.79. The van der Waals surface area contributed by atoms with E-state index in [0.29, 0.717) is 5.57 Å². The van der Waals surface area contributed by atoms with Crippen LogP contribution in [0.4, 0.5) is 0 Å². The zero-order valence-corrected chi connectivity index (χ0v) is 8.42. The van der Waals surface area contributed by atoms with E-state index in [4.69, 9.17) is 0 Å². The van der Waals surface area contributed by atoms with Crippen molar-refractivity contribution in [1.82, 2.24) is 4.90 Å². The number of carbonyl (C=O) groups is 1. The number of rotatable bonds is 3. The fraction of sp³-hybridized carbons (Fsp3) is 0.667. The molecule has 0 atom stereocenters. The number of methoxy groups -OCH3 is 1. The molecule has 12 heavy (non-hydrogen) atoms. The van der Waals surface area contributed by atoms with Gasteiger partial charge in [0.05, 0.1) is 12.7 Å². The fourth-order valence-corrected chi connectivity index (χ4v) is 0.833. The molecule has 0 aliphatic rings. The first-order valence-electron chi connectivity index (χ1n) is 3.95. The Hall–Kier alpha value is -0.990. The molecule has 0 saturated carbocycles. The summed E-state index contributed by atoms with van der Waals surface area (Å²) in [5, 5.41) is 0. The molecule has 0 spiro atoms. The van der Waals surface area contributed by atoms with E-state index in [-0.39, 0.29) is 11.9 Å². The molecule has 0 heterocycles. The molecule has 0 N–H and O–H groups in total. The van der Waals surface area contributed by atoms with E-state index in [2.05, 4.69) is 4.74 Å². The van der Waals surface area contributed by atoms with Crippen LogP contribution in [-0.4, -0.2) is 32.1 Å². The van der Waals surface area contributed by atoms with Crippen LogP contribution >= 0.6 is 0 Å². The molecule has 70 valence electrons. The highest BCUT2D eigenvalue weighted by molar-refractivity contribution is 5.88. The van der Waals surface area contributed by atoms with Crippen molar-refractivity contribution in [3.05, 3.63) is 11.8 Å². The van der Waals surface area contributed by atoms with Crippen molar-refractivity contribution < 1.29 is 9.53 Å². The number of ether oxygens (including phenoxy) is 1. The molecule has 3 heteroatoms. The first-order valence-corrected chi connectivity index (χ1v) is 3.95. The van der Waals surface area contributed by atoms with Gasteiger partial charge in [-0.05, 0) is 5.92 Å². The lowest BCUT2D eigenvalue weighted by Gasteiger charge is -2.12. The summed E-state index contributed by atoms with van der Waals surface area (Å²) in [7, 11) is 5.16. The van der Waals surface area contributed by atoms with Gasteiger partial charge < -0.3 is 9.64 Å². The van der Waals surface area contributed by atoms with Gasteiger partial charge in [0.2, 0.25) is 0 Å². The smallest absolute Gasteiger partial charge is 0.335 e. The summed E-state index contributed by atoms with van der Waals surface area (Å²) < 4.78 is 4.64. The van der Waals surface area contributed by atoms with Gasteiger partial charge in [0, 0.05) is 20.3 Å². The topological polar surface area (TPSA) is 29.5 Å². The summed E-state index contributed by atoms with van der Waals surface area (Å²) in [6, 6.07) is 0. The SMILES string of the molecule is COC(=O)/C(=C/N(C)C)C(C)C. The molecule has 0 fully saturated rings. The van der Waals surface area contributed by atoms with E-state index < -0.39 is 0 Å². The summed E-state index contributed by atoms with van der Waals surface area (Å²) in [5.74, 6) is -0.0569. The summed E-state index contributed by atoms with van der Waals surface area (Å²) in [6.45, 7) is 3.93. The minimum Gasteiger partial charge on any atom is -0.466 e. The largest absolute Gasteiger partial charge is 0.466 e. The molecule has 0 radical (unpaired) electrons. The Morgan fingerprint density at radius 3 is 2.17 bits per heavy atom. The van der Waals surface area contributed by atoms with E-state index in [0.717, 1.165) is 0 Å². The highest BCUT2D eigenvalue weighted by Gasteiger charge is 2.13. The van der Waals surface area contributed by atoms with E-state index in [9.17, 15) is 4.79 Å². The molecule has 0 amide bonds. The second-order valence-electron chi connectivity index (χ2n) is 3.19. The van der Waals surface area contributed by atoms with E-state index >= 15 is 0 Å². The summed E-state index contributed by atoms with van der Waals surface area (Å²) in [4.78, 5) is 13.0. The van der Waals surface area contributed by atoms with Crippen LogP contribution in [0.1, 0.15) is 13.8 Å². The normalized spacial score (nSPS) is 11.7. The van der Waals surface area contributed by atoms with E-state index in [1.165, 1.54) is 7.11 Å². The van der Waals surface area contributed by atoms with Gasteiger partial charge in [0.25, 0.3) is 0 Å². The summed E-state index contributed by atoms with van der Waals surface area (Å²) in [5.41, 5.74) is 0.697. The predicted molar refractivity (Wildman–Crippen MR) is 48.6 cm³/mol. The van der Waals surface area contributed by atoms with Crippen LogP contribution in [0.5, 0.6) is 0 Å². The van der Waals surface area contributed by atoms with Crippen LogP contribution in [0.15, 0.2) is 11.8 Å². The molecule has 0 aromatic rings. The van der Waals surface area contributed by atoms with Gasteiger partial charge >= 0.3 is 5.97 Å². The average molecular weight is 171 g/mol. The van der Waals surface area contributed by atoms with Crippen LogP contribution in [0.3, 0.4) is 0 Å². The van der Waals surface area contributed by atoms with Crippen LogP contribution < -0.4 is 0 Å². The van der Waals surface area contributed by atoms with Crippen molar-refractivity contribution >= 4 is 5.97 Å². The Labute approximate surface area is 74.0 Å². The Balaban J connectivity index is 4.55. The number of carbonyl (C=O) groups excluding carboxylic acids is 1. The zero-order valence-electron chi connectivity index (χ0n) is 8.42. The van der Waals surface area contributed by atoms with Crippen molar-refractivity contribution in [2.24, 2.45) is 5.92 Å². The lowest BCUT2D eigenvalue weighted by molar-refractivity contribution is -0.136. The maximum atomic E-state index is 11.2. The first-order chi connectivity index (χ1) is 5.49. The lowest BCUT2D eigenvalue weighted by atomic mass is 10.1. The van der Waals surface area contributed by atoms with E-state index in [1.807, 2.05) is 32.8 Å². The van der Waals surface area contributed by atoms with Crippen molar-refractivity contribution in [1.29, 1.82) is 0 Å². The van der Waals surface area contributed by atoms with Gasteiger partial charge in [-0.25, -0.2) is 4.79 Å². The molecule has 0 saturated heterocycles. The third kappa shape index (κ3) is 3.42. The Kier molecular flexibility index (Phi) is 4.40. The first kappa shape index (κ1) is 11.0. The average Bonchev–Trinajstić information content (AvgIpc) is 1.98. The molecule has 0 rings (SSSR count). The van der Waals surface area contributed by atoms with Crippen molar-refractivity contribution in [3.8, 4) is 0 Å². The molecule has 0 bridgehead atoms. The maximum absolute atomic E-state index is 11.2. The van der Waals surface area contributed by atoms with Gasteiger partial charge in [0.1, 0.15) is 0 Å². The zero-order chi connectivity index (χ0) is 9.72. The predicted octanol–water partition coefficient (Wildman–Crippen LogP) is 1.26. The second-order valence-corrected chi connectivity index (χ2v) is 3.19. The minimum atomic E-state index is -0.251. The third-order valence-electron chi connectivity index (χ3n) is 1.44. The monoisotopic (exact) mass is 171 g/mol. The van der Waals surface area contributed by atoms with Crippen molar-refractivity contribution in [3.63, 3.8) is 0 Å². The van der Waals surface area contributed by atoms with Crippen LogP contribution in [0, 0.1) is 5.92 Å². The lowest BCUT2D eigenvalue weighted by Crippen LogP contribution is -2.14. The molecule has 0 aliphatic heterocycles. The van der Waals surface area contributed by atoms with Gasteiger partial charge in [-0.2, -0.15) is 0 Å². The molecular formula is C9H17NO2. The fourth-order valence-electron chi connectivity index (χ4n) is 0.833. The number of hydrogen-bond donors (Lipinski definition) is 0. The van der Waals surface area contributed by atoms with Gasteiger partial charge in [-0.3, -0.25) is 0 Å². The minimum absolute atomic E-state index is 0.194. The Morgan fingerprint density at radius 2 is 1.92 bits per heavy atom. The maximum Gasteiger partial charge on any atom is 0.335 e. The second kappa shape index (κ2) is 4.80. The Bertz CT molecular complexity index is 183. The summed E-state index contributed by atoms with van der Waals surface area (Å²) >= 11 is 0. The van der Waals surface area contributed by atoms with E-state index in [1.54, 1.807) is 6.20 Å². The molecule has 0 aromatic carbocycles. The Morgan fingerprint density at radius 1 is 1.42 bits per heavy atom. The van der Waals surface area contributed by atoms with Crippen molar-refractivity contribution in [2.75, 3.05) is 21.2 Å². The molecule has 3 nitrogen and oxygen atoms in total. The molecular weight excluding hydrogens is 154 g/mol. The number of nitrogens with zero attached hydrogens (tertiary/aromatic N) is 1. The third-order valence-corrected chi connectivity index (χ3v) is 1.44. The standard InChI is InChI=1S/C9H17NO2/c1-7(2)8(6-10(3)4)9(11)12-5/h6-7H,1-5H3/b8-6+. The van der Waals surface area contributed by atoms with Gasteiger partial charge in [-0.15, -0.1) is 0 Å². The number of hydrogen-bond acceptors (Lipinski definition) is 3. The molecule has 0 aromatic heterocycles. The van der Waals surface area contributed by atoms with Crippen LogP contribution in [0.2, 0.25) is 0 Å². The van der Waals surface area contributed by atoms with Crippen LogP contribution in [0.25, 0.3) is 0 Å². The van der Waals surface area contributed by atoms with Gasteiger partial charge in [-0.1, -0.05) is 13.8 Å². The molecule has 0 unspecified atom stereocenters.